The second kappa shape index (κ2) is 5.36. The van der Waals surface area contributed by atoms with E-state index in [1.165, 1.54) is 7.11 Å². The van der Waals surface area contributed by atoms with E-state index < -0.39 is 6.09 Å². The maximum Gasteiger partial charge on any atom is 0.411 e. The van der Waals surface area contributed by atoms with E-state index in [4.69, 9.17) is 0 Å². The molecule has 0 radical (unpaired) electrons. The van der Waals surface area contributed by atoms with Crippen LogP contribution in [-0.2, 0) is 4.74 Å². The van der Waals surface area contributed by atoms with E-state index in [1.54, 1.807) is 0 Å². The molecular formula is C15H15NO2. The molecule has 2 aromatic rings. The second-order valence-electron chi connectivity index (χ2n) is 3.98. The highest BCUT2D eigenvalue weighted by molar-refractivity contribution is 5.92. The zero-order valence-electron chi connectivity index (χ0n) is 10.4. The maximum absolute atomic E-state index is 11.4. The summed E-state index contributed by atoms with van der Waals surface area (Å²) in [7, 11) is 1.36. The monoisotopic (exact) mass is 241 g/mol. The Morgan fingerprint density at radius 1 is 1.06 bits per heavy atom. The van der Waals surface area contributed by atoms with Gasteiger partial charge < -0.3 is 4.74 Å². The van der Waals surface area contributed by atoms with E-state index >= 15 is 0 Å². The number of rotatable bonds is 2. The molecule has 0 aromatic heterocycles. The molecule has 0 atom stereocenters. The molecule has 2 rings (SSSR count). The van der Waals surface area contributed by atoms with Crippen molar-refractivity contribution in [3.63, 3.8) is 0 Å². The quantitative estimate of drug-likeness (QED) is 0.867. The minimum Gasteiger partial charge on any atom is -0.453 e. The van der Waals surface area contributed by atoms with Crippen molar-refractivity contribution >= 4 is 11.8 Å². The first-order chi connectivity index (χ1) is 8.72. The molecule has 0 bridgehead atoms. The molecule has 2 aromatic carbocycles. The average molecular weight is 241 g/mol. The normalized spacial score (nSPS) is 9.89. The van der Waals surface area contributed by atoms with Crippen LogP contribution in [0.1, 0.15) is 5.56 Å². The minimum atomic E-state index is -0.457. The Morgan fingerprint density at radius 3 is 2.44 bits per heavy atom. The molecule has 0 spiro atoms. The van der Waals surface area contributed by atoms with Gasteiger partial charge >= 0.3 is 6.09 Å². The van der Waals surface area contributed by atoms with Gasteiger partial charge in [0, 0.05) is 5.56 Å². The Hall–Kier alpha value is -2.29. The number of carbonyl (C=O) groups excluding carboxylic acids is 1. The van der Waals surface area contributed by atoms with E-state index in [0.717, 1.165) is 22.4 Å². The molecule has 0 unspecified atom stereocenters. The van der Waals surface area contributed by atoms with Crippen molar-refractivity contribution in [2.24, 2.45) is 0 Å². The molecule has 0 saturated carbocycles. The fourth-order valence-electron chi connectivity index (χ4n) is 1.85. The number of carbonyl (C=O) groups is 1. The predicted octanol–water partition coefficient (Wildman–Crippen LogP) is 3.84. The average Bonchev–Trinajstić information content (AvgIpc) is 2.42. The van der Waals surface area contributed by atoms with E-state index in [1.807, 2.05) is 55.5 Å². The largest absolute Gasteiger partial charge is 0.453 e. The van der Waals surface area contributed by atoms with Gasteiger partial charge in [0.25, 0.3) is 0 Å². The minimum absolute atomic E-state index is 0.457. The number of benzene rings is 2. The van der Waals surface area contributed by atoms with Crippen LogP contribution in [0.3, 0.4) is 0 Å². The van der Waals surface area contributed by atoms with Crippen molar-refractivity contribution in [2.45, 2.75) is 6.92 Å². The topological polar surface area (TPSA) is 38.3 Å². The number of ether oxygens (including phenoxy) is 1. The summed E-state index contributed by atoms with van der Waals surface area (Å²) in [6.07, 6.45) is -0.457. The van der Waals surface area contributed by atoms with Crippen LogP contribution in [0.15, 0.2) is 48.5 Å². The number of aryl methyl sites for hydroxylation is 1. The maximum atomic E-state index is 11.4. The Kier molecular flexibility index (Phi) is 3.63. The van der Waals surface area contributed by atoms with Crippen molar-refractivity contribution in [1.29, 1.82) is 0 Å². The number of hydrogen-bond donors (Lipinski definition) is 1. The van der Waals surface area contributed by atoms with Crippen LogP contribution in [0, 0.1) is 6.92 Å². The van der Waals surface area contributed by atoms with Gasteiger partial charge in [-0.25, -0.2) is 4.79 Å². The molecule has 1 amide bonds. The Morgan fingerprint density at radius 2 is 1.78 bits per heavy atom. The standard InChI is InChI=1S/C15H15NO2/c1-11-7-6-10-13(12-8-4-3-5-9-12)14(11)16-15(17)18-2/h3-10H,1-2H3,(H,16,17). The summed E-state index contributed by atoms with van der Waals surface area (Å²) in [5.41, 5.74) is 3.84. The predicted molar refractivity (Wildman–Crippen MR) is 72.6 cm³/mol. The van der Waals surface area contributed by atoms with Crippen molar-refractivity contribution in [3.8, 4) is 11.1 Å². The first-order valence-electron chi connectivity index (χ1n) is 5.72. The lowest BCUT2D eigenvalue weighted by Gasteiger charge is -2.13. The second-order valence-corrected chi connectivity index (χ2v) is 3.98. The Bertz CT molecular complexity index is 550. The number of nitrogens with one attached hydrogen (secondary N) is 1. The van der Waals surface area contributed by atoms with E-state index in [2.05, 4.69) is 10.1 Å². The zero-order valence-corrected chi connectivity index (χ0v) is 10.4. The summed E-state index contributed by atoms with van der Waals surface area (Å²) in [6, 6.07) is 15.8. The highest BCUT2D eigenvalue weighted by Gasteiger charge is 2.10. The van der Waals surface area contributed by atoms with Crippen LogP contribution < -0.4 is 5.32 Å². The van der Waals surface area contributed by atoms with E-state index in [-0.39, 0.29) is 0 Å². The zero-order chi connectivity index (χ0) is 13.0. The van der Waals surface area contributed by atoms with Gasteiger partial charge in [0.2, 0.25) is 0 Å². The van der Waals surface area contributed by atoms with Crippen LogP contribution in [0.4, 0.5) is 10.5 Å². The van der Waals surface area contributed by atoms with Crippen molar-refractivity contribution in [3.05, 3.63) is 54.1 Å². The third-order valence-corrected chi connectivity index (χ3v) is 2.77. The summed E-state index contributed by atoms with van der Waals surface area (Å²) >= 11 is 0. The van der Waals surface area contributed by atoms with Crippen LogP contribution in [0.5, 0.6) is 0 Å². The molecule has 3 nitrogen and oxygen atoms in total. The highest BCUT2D eigenvalue weighted by Crippen LogP contribution is 2.30. The number of methoxy groups -OCH3 is 1. The highest BCUT2D eigenvalue weighted by atomic mass is 16.5. The summed E-state index contributed by atoms with van der Waals surface area (Å²) in [5, 5.41) is 2.77. The van der Waals surface area contributed by atoms with Gasteiger partial charge in [-0.2, -0.15) is 0 Å². The summed E-state index contributed by atoms with van der Waals surface area (Å²) in [6.45, 7) is 1.96. The van der Waals surface area contributed by atoms with Crippen molar-refractivity contribution in [2.75, 3.05) is 12.4 Å². The van der Waals surface area contributed by atoms with Gasteiger partial charge in [-0.05, 0) is 18.1 Å². The molecule has 0 saturated heterocycles. The van der Waals surface area contributed by atoms with Crippen LogP contribution in [0.25, 0.3) is 11.1 Å². The van der Waals surface area contributed by atoms with Crippen molar-refractivity contribution in [1.82, 2.24) is 0 Å². The van der Waals surface area contributed by atoms with Gasteiger partial charge in [-0.15, -0.1) is 0 Å². The molecule has 3 heteroatoms. The summed E-state index contributed by atoms with van der Waals surface area (Å²) in [4.78, 5) is 11.4. The van der Waals surface area contributed by atoms with E-state index in [9.17, 15) is 4.79 Å². The molecule has 0 heterocycles. The lowest BCUT2D eigenvalue weighted by Crippen LogP contribution is -2.12. The molecular weight excluding hydrogens is 226 g/mol. The third kappa shape index (κ3) is 2.51. The third-order valence-electron chi connectivity index (χ3n) is 2.77. The van der Waals surface area contributed by atoms with Crippen LogP contribution in [-0.4, -0.2) is 13.2 Å². The van der Waals surface area contributed by atoms with Crippen LogP contribution >= 0.6 is 0 Å². The fourth-order valence-corrected chi connectivity index (χ4v) is 1.85. The van der Waals surface area contributed by atoms with Gasteiger partial charge in [-0.3, -0.25) is 5.32 Å². The van der Waals surface area contributed by atoms with Gasteiger partial charge in [0.15, 0.2) is 0 Å². The number of amides is 1. The smallest absolute Gasteiger partial charge is 0.411 e. The lowest BCUT2D eigenvalue weighted by atomic mass is 10.0. The van der Waals surface area contributed by atoms with Crippen molar-refractivity contribution < 1.29 is 9.53 Å². The molecule has 1 N–H and O–H groups in total. The Labute approximate surface area is 106 Å². The molecule has 18 heavy (non-hydrogen) atoms. The number of para-hydroxylation sites is 1. The number of hydrogen-bond acceptors (Lipinski definition) is 2. The fraction of sp³-hybridized carbons (Fsp3) is 0.133. The van der Waals surface area contributed by atoms with Gasteiger partial charge in [0.1, 0.15) is 0 Å². The molecule has 0 aliphatic rings. The molecule has 92 valence electrons. The first kappa shape index (κ1) is 12.2. The molecule has 0 aliphatic heterocycles. The lowest BCUT2D eigenvalue weighted by molar-refractivity contribution is 0.187. The van der Waals surface area contributed by atoms with E-state index in [0.29, 0.717) is 0 Å². The summed E-state index contributed by atoms with van der Waals surface area (Å²) < 4.78 is 4.65. The molecule has 0 aliphatic carbocycles. The van der Waals surface area contributed by atoms with Gasteiger partial charge in [-0.1, -0.05) is 48.5 Å². The number of anilines is 1. The summed E-state index contributed by atoms with van der Waals surface area (Å²) in [5.74, 6) is 0. The molecule has 0 fully saturated rings. The Balaban J connectivity index is 2.48. The SMILES string of the molecule is COC(=O)Nc1c(C)cccc1-c1ccccc1. The van der Waals surface area contributed by atoms with Crippen LogP contribution in [0.2, 0.25) is 0 Å². The first-order valence-corrected chi connectivity index (χ1v) is 5.72. The van der Waals surface area contributed by atoms with Gasteiger partial charge in [0.05, 0.1) is 12.8 Å².